The second-order valence-electron chi connectivity index (χ2n) is 5.57. The van der Waals surface area contributed by atoms with Crippen LogP contribution in [0.1, 0.15) is 44.5 Å². The molecule has 120 valence electrons. The molecule has 1 heterocycles. The van der Waals surface area contributed by atoms with E-state index in [4.69, 9.17) is 4.74 Å². The van der Waals surface area contributed by atoms with Gasteiger partial charge in [-0.3, -0.25) is 4.79 Å². The molecule has 1 aromatic carbocycles. The number of hydrogen-bond donors (Lipinski definition) is 0. The maximum absolute atomic E-state index is 12.5. The lowest BCUT2D eigenvalue weighted by Crippen LogP contribution is -2.36. The Labute approximate surface area is 135 Å². The highest BCUT2D eigenvalue weighted by Crippen LogP contribution is 2.18. The van der Waals surface area contributed by atoms with E-state index in [0.29, 0.717) is 10.3 Å². The molecule has 0 fully saturated rings. The molecular formula is C18H19NO4. The maximum Gasteiger partial charge on any atom is 0.405 e. The summed E-state index contributed by atoms with van der Waals surface area (Å²) in [4.78, 5) is 24.5. The SMILES string of the molecule is Cc1cc(C)c(C(=O)[C@H](C)OC(=O)c2cccc[n+]2[O-])cc1C. The third-order valence-electron chi connectivity index (χ3n) is 3.79. The molecule has 5 heteroatoms. The largest absolute Gasteiger partial charge is 0.618 e. The summed E-state index contributed by atoms with van der Waals surface area (Å²) in [5.41, 5.74) is 3.30. The first-order chi connectivity index (χ1) is 10.8. The zero-order valence-electron chi connectivity index (χ0n) is 13.6. The van der Waals surface area contributed by atoms with Crippen LogP contribution in [0.5, 0.6) is 0 Å². The molecule has 0 radical (unpaired) electrons. The van der Waals surface area contributed by atoms with Gasteiger partial charge in [-0.25, -0.2) is 4.79 Å². The molecule has 0 amide bonds. The molecule has 0 saturated carbocycles. The third-order valence-corrected chi connectivity index (χ3v) is 3.79. The monoisotopic (exact) mass is 313 g/mol. The van der Waals surface area contributed by atoms with E-state index in [2.05, 4.69) is 0 Å². The number of ketones is 1. The lowest BCUT2D eigenvalue weighted by Gasteiger charge is -2.14. The van der Waals surface area contributed by atoms with Gasteiger partial charge < -0.3 is 9.94 Å². The molecule has 2 aromatic rings. The topological polar surface area (TPSA) is 70.3 Å². The van der Waals surface area contributed by atoms with Crippen molar-refractivity contribution in [3.8, 4) is 0 Å². The molecule has 0 bridgehead atoms. The van der Waals surface area contributed by atoms with Crippen molar-refractivity contribution < 1.29 is 19.1 Å². The van der Waals surface area contributed by atoms with Gasteiger partial charge in [-0.2, -0.15) is 4.73 Å². The summed E-state index contributed by atoms with van der Waals surface area (Å²) in [5.74, 6) is -1.10. The number of hydrogen-bond acceptors (Lipinski definition) is 4. The van der Waals surface area contributed by atoms with Crippen molar-refractivity contribution in [2.45, 2.75) is 33.8 Å². The summed E-state index contributed by atoms with van der Waals surface area (Å²) in [6.07, 6.45) is 0.236. The van der Waals surface area contributed by atoms with E-state index < -0.39 is 12.1 Å². The summed E-state index contributed by atoms with van der Waals surface area (Å²) in [5, 5.41) is 11.5. The Bertz CT molecular complexity index is 768. The van der Waals surface area contributed by atoms with Crippen molar-refractivity contribution in [1.82, 2.24) is 0 Å². The molecule has 1 atom stereocenters. The van der Waals surface area contributed by atoms with Crippen molar-refractivity contribution in [2.24, 2.45) is 0 Å². The zero-order chi connectivity index (χ0) is 17.1. The minimum absolute atomic E-state index is 0.149. The number of carbonyl (C=O) groups excluding carboxylic acids is 2. The quantitative estimate of drug-likeness (QED) is 0.376. The fourth-order valence-electron chi connectivity index (χ4n) is 2.31. The fourth-order valence-corrected chi connectivity index (χ4v) is 2.31. The van der Waals surface area contributed by atoms with Crippen LogP contribution in [-0.2, 0) is 4.74 Å². The summed E-state index contributed by atoms with van der Waals surface area (Å²) >= 11 is 0. The minimum Gasteiger partial charge on any atom is -0.618 e. The Balaban J connectivity index is 2.19. The average molecular weight is 313 g/mol. The molecule has 0 aliphatic carbocycles. The van der Waals surface area contributed by atoms with Crippen LogP contribution >= 0.6 is 0 Å². The summed E-state index contributed by atoms with van der Waals surface area (Å²) in [6, 6.07) is 8.16. The van der Waals surface area contributed by atoms with E-state index in [1.807, 2.05) is 26.8 Å². The predicted octanol–water partition coefficient (Wildman–Crippen LogP) is 2.67. The van der Waals surface area contributed by atoms with Crippen molar-refractivity contribution in [1.29, 1.82) is 0 Å². The van der Waals surface area contributed by atoms with E-state index in [-0.39, 0.29) is 11.5 Å². The minimum atomic E-state index is -0.969. The van der Waals surface area contributed by atoms with Crippen LogP contribution in [0, 0.1) is 26.0 Å². The number of benzene rings is 1. The normalized spacial score (nSPS) is 11.8. The third kappa shape index (κ3) is 3.56. The Morgan fingerprint density at radius 1 is 1.09 bits per heavy atom. The number of rotatable bonds is 4. The number of esters is 1. The van der Waals surface area contributed by atoms with Crippen molar-refractivity contribution in [2.75, 3.05) is 0 Å². The zero-order valence-corrected chi connectivity index (χ0v) is 13.6. The Morgan fingerprint density at radius 2 is 1.74 bits per heavy atom. The van der Waals surface area contributed by atoms with E-state index in [1.165, 1.54) is 25.3 Å². The van der Waals surface area contributed by atoms with E-state index in [9.17, 15) is 14.8 Å². The number of carbonyl (C=O) groups is 2. The van der Waals surface area contributed by atoms with E-state index in [1.54, 1.807) is 12.1 Å². The predicted molar refractivity (Wildman–Crippen MR) is 85.3 cm³/mol. The van der Waals surface area contributed by atoms with Gasteiger partial charge >= 0.3 is 11.7 Å². The van der Waals surface area contributed by atoms with Gasteiger partial charge in [0.2, 0.25) is 5.78 Å². The Morgan fingerprint density at radius 3 is 2.39 bits per heavy atom. The molecule has 5 nitrogen and oxygen atoms in total. The van der Waals surface area contributed by atoms with Gasteiger partial charge in [0.25, 0.3) is 0 Å². The molecular weight excluding hydrogens is 294 g/mol. The summed E-state index contributed by atoms with van der Waals surface area (Å²) in [7, 11) is 0. The Kier molecular flexibility index (Phi) is 4.79. The summed E-state index contributed by atoms with van der Waals surface area (Å²) in [6.45, 7) is 7.25. The first kappa shape index (κ1) is 16.7. The van der Waals surface area contributed by atoms with Gasteiger partial charge in [-0.1, -0.05) is 6.07 Å². The van der Waals surface area contributed by atoms with Crippen molar-refractivity contribution in [3.05, 3.63) is 69.7 Å². The van der Waals surface area contributed by atoms with Gasteiger partial charge in [0.15, 0.2) is 12.3 Å². The first-order valence-electron chi connectivity index (χ1n) is 7.32. The summed E-state index contributed by atoms with van der Waals surface area (Å²) < 4.78 is 5.57. The van der Waals surface area contributed by atoms with Crippen LogP contribution in [0.2, 0.25) is 0 Å². The van der Waals surface area contributed by atoms with Crippen molar-refractivity contribution in [3.63, 3.8) is 0 Å². The smallest absolute Gasteiger partial charge is 0.405 e. The molecule has 0 N–H and O–H groups in total. The lowest BCUT2D eigenvalue weighted by molar-refractivity contribution is -0.608. The molecule has 0 spiro atoms. The van der Waals surface area contributed by atoms with E-state index in [0.717, 1.165) is 16.7 Å². The molecule has 0 unspecified atom stereocenters. The standard InChI is InChI=1S/C18H19NO4/c1-11-9-13(3)15(10-12(11)2)17(20)14(4)23-18(21)16-7-5-6-8-19(16)22/h5-10,14H,1-4H3/t14-/m0/s1. The highest BCUT2D eigenvalue weighted by Gasteiger charge is 2.25. The van der Waals surface area contributed by atoms with Crippen molar-refractivity contribution >= 4 is 11.8 Å². The van der Waals surface area contributed by atoms with Crippen LogP contribution in [-0.4, -0.2) is 17.9 Å². The van der Waals surface area contributed by atoms with Gasteiger partial charge in [0, 0.05) is 17.7 Å². The molecule has 0 aliphatic rings. The Hall–Kier alpha value is -2.69. The van der Waals surface area contributed by atoms with Crippen LogP contribution in [0.25, 0.3) is 0 Å². The van der Waals surface area contributed by atoms with E-state index >= 15 is 0 Å². The highest BCUT2D eigenvalue weighted by molar-refractivity contribution is 6.02. The number of nitrogens with zero attached hydrogens (tertiary/aromatic N) is 1. The number of ether oxygens (including phenoxy) is 1. The maximum atomic E-state index is 12.5. The van der Waals surface area contributed by atoms with Gasteiger partial charge in [0.1, 0.15) is 0 Å². The average Bonchev–Trinajstić information content (AvgIpc) is 2.50. The first-order valence-corrected chi connectivity index (χ1v) is 7.32. The molecule has 23 heavy (non-hydrogen) atoms. The second kappa shape index (κ2) is 6.60. The number of aromatic nitrogens is 1. The molecule has 0 aliphatic heterocycles. The molecule has 2 rings (SSSR count). The van der Waals surface area contributed by atoms with Crippen LogP contribution in [0.15, 0.2) is 36.5 Å². The van der Waals surface area contributed by atoms with Crippen LogP contribution < -0.4 is 4.73 Å². The number of Topliss-reactive ketones (excluding diaryl/α,β-unsaturated/α-hetero) is 1. The number of aryl methyl sites for hydroxylation is 3. The van der Waals surface area contributed by atoms with Crippen LogP contribution in [0.4, 0.5) is 0 Å². The van der Waals surface area contributed by atoms with Gasteiger partial charge in [-0.05, 0) is 56.5 Å². The molecule has 0 saturated heterocycles. The van der Waals surface area contributed by atoms with Gasteiger partial charge in [-0.15, -0.1) is 0 Å². The molecule has 1 aromatic heterocycles. The van der Waals surface area contributed by atoms with Gasteiger partial charge in [0.05, 0.1) is 0 Å². The lowest BCUT2D eigenvalue weighted by atomic mass is 9.96. The fraction of sp³-hybridized carbons (Fsp3) is 0.278. The second-order valence-corrected chi connectivity index (χ2v) is 5.57. The van der Waals surface area contributed by atoms with Crippen LogP contribution in [0.3, 0.4) is 0 Å². The highest BCUT2D eigenvalue weighted by atomic mass is 16.6. The number of pyridine rings is 1.